The lowest BCUT2D eigenvalue weighted by molar-refractivity contribution is 0.102. The van der Waals surface area contributed by atoms with Crippen LogP contribution in [0.5, 0.6) is 0 Å². The topological polar surface area (TPSA) is 92.9 Å². The smallest absolute Gasteiger partial charge is 0.274 e. The third-order valence-electron chi connectivity index (χ3n) is 3.60. The first-order valence-electron chi connectivity index (χ1n) is 7.85. The van der Waals surface area contributed by atoms with Crippen molar-refractivity contribution >= 4 is 23.2 Å². The number of aromatic nitrogens is 3. The van der Waals surface area contributed by atoms with E-state index in [-0.39, 0.29) is 11.6 Å². The fourth-order valence-electron chi connectivity index (χ4n) is 2.36. The fourth-order valence-corrected chi connectivity index (χ4v) is 2.36. The van der Waals surface area contributed by atoms with Gasteiger partial charge in [-0.05, 0) is 44.9 Å². The van der Waals surface area contributed by atoms with Crippen LogP contribution in [-0.4, -0.2) is 21.0 Å². The van der Waals surface area contributed by atoms with Gasteiger partial charge in [0.25, 0.3) is 5.91 Å². The van der Waals surface area contributed by atoms with E-state index in [1.54, 1.807) is 26.0 Å². The quantitative estimate of drug-likeness (QED) is 0.754. The summed E-state index contributed by atoms with van der Waals surface area (Å²) < 4.78 is 5.01. The Morgan fingerprint density at radius 2 is 1.80 bits per heavy atom. The Hall–Kier alpha value is -3.22. The van der Waals surface area contributed by atoms with Crippen molar-refractivity contribution in [2.24, 2.45) is 0 Å². The number of benzene rings is 1. The molecule has 128 valence electrons. The first-order valence-corrected chi connectivity index (χ1v) is 7.85. The monoisotopic (exact) mass is 337 g/mol. The third kappa shape index (κ3) is 4.00. The first-order chi connectivity index (χ1) is 11.9. The van der Waals surface area contributed by atoms with Crippen molar-refractivity contribution < 1.29 is 9.32 Å². The van der Waals surface area contributed by atoms with Crippen LogP contribution in [0.4, 0.5) is 17.3 Å². The number of aryl methyl sites for hydroxylation is 4. The van der Waals surface area contributed by atoms with Gasteiger partial charge in [0.05, 0.1) is 0 Å². The molecule has 0 aliphatic rings. The van der Waals surface area contributed by atoms with Crippen molar-refractivity contribution in [2.75, 3.05) is 10.6 Å². The van der Waals surface area contributed by atoms with E-state index in [1.165, 1.54) is 0 Å². The molecular weight excluding hydrogens is 318 g/mol. The molecule has 3 aromatic rings. The molecular formula is C18H19N5O2. The second-order valence-corrected chi connectivity index (χ2v) is 5.91. The summed E-state index contributed by atoms with van der Waals surface area (Å²) in [6.45, 7) is 7.45. The molecule has 1 amide bonds. The number of rotatable bonds is 4. The number of carbonyl (C=O) groups excluding carboxylic acids is 1. The predicted octanol–water partition coefficient (Wildman–Crippen LogP) is 3.69. The number of anilines is 3. The van der Waals surface area contributed by atoms with Crippen LogP contribution >= 0.6 is 0 Å². The minimum atomic E-state index is -0.293. The summed E-state index contributed by atoms with van der Waals surface area (Å²) in [5.41, 5.74) is 3.10. The maximum atomic E-state index is 12.6. The average Bonchev–Trinajstić information content (AvgIpc) is 2.95. The highest BCUT2D eigenvalue weighted by Gasteiger charge is 2.13. The van der Waals surface area contributed by atoms with Crippen molar-refractivity contribution in [3.8, 4) is 0 Å². The minimum absolute atomic E-state index is 0.274. The average molecular weight is 337 g/mol. The van der Waals surface area contributed by atoms with E-state index in [4.69, 9.17) is 4.52 Å². The summed E-state index contributed by atoms with van der Waals surface area (Å²) in [4.78, 5) is 21.1. The second kappa shape index (κ2) is 6.72. The number of amides is 1. The second-order valence-electron chi connectivity index (χ2n) is 5.91. The van der Waals surface area contributed by atoms with E-state index in [1.807, 2.05) is 32.0 Å². The largest absolute Gasteiger partial charge is 0.360 e. The Bertz CT molecular complexity index is 933. The molecule has 1 aromatic carbocycles. The maximum Gasteiger partial charge on any atom is 0.274 e. The molecule has 0 aliphatic heterocycles. The molecule has 0 saturated heterocycles. The molecule has 0 atom stereocenters. The summed E-state index contributed by atoms with van der Waals surface area (Å²) in [5, 5.41) is 9.77. The zero-order valence-corrected chi connectivity index (χ0v) is 14.5. The van der Waals surface area contributed by atoms with Gasteiger partial charge < -0.3 is 15.2 Å². The highest BCUT2D eigenvalue weighted by atomic mass is 16.5. The summed E-state index contributed by atoms with van der Waals surface area (Å²) >= 11 is 0. The molecule has 2 aromatic heterocycles. The van der Waals surface area contributed by atoms with Crippen molar-refractivity contribution in [1.82, 2.24) is 15.1 Å². The normalized spacial score (nSPS) is 10.6. The standard InChI is InChI=1S/C18H19N5O2/c1-10-5-6-11(2)14(7-10)21-18(24)15-9-16(20-13(4)19-15)22-17-8-12(3)25-23-17/h5-9H,1-4H3,(H,21,24)(H,19,20,22,23). The van der Waals surface area contributed by atoms with Gasteiger partial charge in [0.1, 0.15) is 23.1 Å². The van der Waals surface area contributed by atoms with Crippen LogP contribution in [0.1, 0.15) is 33.2 Å². The van der Waals surface area contributed by atoms with Gasteiger partial charge in [0, 0.05) is 17.8 Å². The highest BCUT2D eigenvalue weighted by molar-refractivity contribution is 6.03. The minimum Gasteiger partial charge on any atom is -0.360 e. The van der Waals surface area contributed by atoms with E-state index < -0.39 is 0 Å². The van der Waals surface area contributed by atoms with E-state index in [0.29, 0.717) is 23.2 Å². The molecule has 7 nitrogen and oxygen atoms in total. The summed E-state index contributed by atoms with van der Waals surface area (Å²) in [6, 6.07) is 9.22. The number of nitrogens with one attached hydrogen (secondary N) is 2. The predicted molar refractivity (Wildman–Crippen MR) is 95.2 cm³/mol. The van der Waals surface area contributed by atoms with Crippen molar-refractivity contribution in [2.45, 2.75) is 27.7 Å². The molecule has 0 unspecified atom stereocenters. The summed E-state index contributed by atoms with van der Waals surface area (Å²) in [6.07, 6.45) is 0. The molecule has 0 spiro atoms. The van der Waals surface area contributed by atoms with Crippen LogP contribution in [0.25, 0.3) is 0 Å². The molecule has 3 rings (SSSR count). The van der Waals surface area contributed by atoms with Crippen molar-refractivity contribution in [3.05, 3.63) is 58.7 Å². The molecule has 7 heteroatoms. The molecule has 2 heterocycles. The first kappa shape index (κ1) is 16.6. The molecule has 0 fully saturated rings. The summed E-state index contributed by atoms with van der Waals surface area (Å²) in [5.74, 6) is 1.87. The number of carbonyl (C=O) groups is 1. The summed E-state index contributed by atoms with van der Waals surface area (Å²) in [7, 11) is 0. The van der Waals surface area contributed by atoms with Gasteiger partial charge in [0.15, 0.2) is 5.82 Å². The molecule has 2 N–H and O–H groups in total. The Morgan fingerprint density at radius 1 is 1.00 bits per heavy atom. The number of nitrogens with zero attached hydrogens (tertiary/aromatic N) is 3. The van der Waals surface area contributed by atoms with E-state index in [0.717, 1.165) is 16.8 Å². The van der Waals surface area contributed by atoms with Gasteiger partial charge in [-0.15, -0.1) is 0 Å². The Balaban J connectivity index is 1.83. The van der Waals surface area contributed by atoms with Crippen LogP contribution in [-0.2, 0) is 0 Å². The zero-order valence-electron chi connectivity index (χ0n) is 14.5. The van der Waals surface area contributed by atoms with Crippen molar-refractivity contribution in [3.63, 3.8) is 0 Å². The number of hydrogen-bond acceptors (Lipinski definition) is 6. The molecule has 0 saturated carbocycles. The molecule has 0 radical (unpaired) electrons. The van der Waals surface area contributed by atoms with E-state index in [9.17, 15) is 4.79 Å². The molecule has 0 bridgehead atoms. The van der Waals surface area contributed by atoms with E-state index in [2.05, 4.69) is 25.8 Å². The molecule has 0 aliphatic carbocycles. The lowest BCUT2D eigenvalue weighted by atomic mass is 10.1. The maximum absolute atomic E-state index is 12.6. The number of hydrogen-bond donors (Lipinski definition) is 2. The Kier molecular flexibility index (Phi) is 4.47. The van der Waals surface area contributed by atoms with Crippen LogP contribution in [0.15, 0.2) is 34.9 Å². The van der Waals surface area contributed by atoms with Crippen LogP contribution < -0.4 is 10.6 Å². The lowest BCUT2D eigenvalue weighted by Crippen LogP contribution is -2.16. The third-order valence-corrected chi connectivity index (χ3v) is 3.60. The van der Waals surface area contributed by atoms with Gasteiger partial charge >= 0.3 is 0 Å². The van der Waals surface area contributed by atoms with Gasteiger partial charge in [-0.1, -0.05) is 17.3 Å². The Morgan fingerprint density at radius 3 is 2.52 bits per heavy atom. The lowest BCUT2D eigenvalue weighted by Gasteiger charge is -2.10. The van der Waals surface area contributed by atoms with Gasteiger partial charge in [-0.3, -0.25) is 4.79 Å². The van der Waals surface area contributed by atoms with Gasteiger partial charge in [0.2, 0.25) is 0 Å². The highest BCUT2D eigenvalue weighted by Crippen LogP contribution is 2.19. The van der Waals surface area contributed by atoms with E-state index >= 15 is 0 Å². The van der Waals surface area contributed by atoms with Crippen molar-refractivity contribution in [1.29, 1.82) is 0 Å². The van der Waals surface area contributed by atoms with Crippen LogP contribution in [0.3, 0.4) is 0 Å². The van der Waals surface area contributed by atoms with Crippen LogP contribution in [0.2, 0.25) is 0 Å². The molecule has 25 heavy (non-hydrogen) atoms. The zero-order chi connectivity index (χ0) is 18.0. The van der Waals surface area contributed by atoms with Gasteiger partial charge in [-0.2, -0.15) is 0 Å². The Labute approximate surface area is 145 Å². The van der Waals surface area contributed by atoms with Crippen LogP contribution in [0, 0.1) is 27.7 Å². The SMILES string of the molecule is Cc1ccc(C)c(NC(=O)c2cc(Nc3cc(C)on3)nc(C)n2)c1. The fraction of sp³-hybridized carbons (Fsp3) is 0.222. The van der Waals surface area contributed by atoms with Gasteiger partial charge in [-0.25, -0.2) is 9.97 Å².